The average Bonchev–Trinajstić information content (AvgIpc) is 2.15. The van der Waals surface area contributed by atoms with Crippen LogP contribution in [0.15, 0.2) is 18.2 Å². The Morgan fingerprint density at radius 1 is 1.43 bits per heavy atom. The summed E-state index contributed by atoms with van der Waals surface area (Å²) in [6.45, 7) is 6.89. The summed E-state index contributed by atoms with van der Waals surface area (Å²) in [7, 11) is 0. The second-order valence-corrected chi connectivity index (χ2v) is 3.68. The smallest absolute Gasteiger partial charge is 0.124 e. The fourth-order valence-electron chi connectivity index (χ4n) is 1.37. The molecule has 0 radical (unpaired) electrons. The lowest BCUT2D eigenvalue weighted by molar-refractivity contribution is 0.312. The van der Waals surface area contributed by atoms with Gasteiger partial charge in [-0.15, -0.1) is 0 Å². The van der Waals surface area contributed by atoms with E-state index < -0.39 is 0 Å². The number of aryl methyl sites for hydroxylation is 1. The van der Waals surface area contributed by atoms with Crippen molar-refractivity contribution in [3.05, 3.63) is 29.3 Å². The van der Waals surface area contributed by atoms with E-state index in [1.54, 1.807) is 0 Å². The second-order valence-electron chi connectivity index (χ2n) is 3.68. The largest absolute Gasteiger partial charge is 0.493 e. The van der Waals surface area contributed by atoms with E-state index in [1.165, 1.54) is 5.56 Å². The van der Waals surface area contributed by atoms with Crippen LogP contribution in [0, 0.1) is 6.92 Å². The SMILES string of the molecule is CCCOc1ccc(C)cc1[C@@H](C)N. The Labute approximate surface area is 86.1 Å². The van der Waals surface area contributed by atoms with Crippen molar-refractivity contribution in [2.24, 2.45) is 5.73 Å². The molecule has 1 aromatic rings. The molecule has 0 aliphatic rings. The minimum atomic E-state index is 0.0294. The molecule has 0 aliphatic heterocycles. The molecule has 0 fully saturated rings. The van der Waals surface area contributed by atoms with Crippen molar-refractivity contribution in [1.82, 2.24) is 0 Å². The van der Waals surface area contributed by atoms with Crippen molar-refractivity contribution in [2.75, 3.05) is 6.61 Å². The highest BCUT2D eigenvalue weighted by molar-refractivity contribution is 5.38. The molecule has 14 heavy (non-hydrogen) atoms. The van der Waals surface area contributed by atoms with Gasteiger partial charge in [-0.05, 0) is 26.3 Å². The molecule has 0 saturated heterocycles. The summed E-state index contributed by atoms with van der Waals surface area (Å²) >= 11 is 0. The van der Waals surface area contributed by atoms with Gasteiger partial charge in [-0.1, -0.05) is 24.6 Å². The minimum absolute atomic E-state index is 0.0294. The van der Waals surface area contributed by atoms with Gasteiger partial charge < -0.3 is 10.5 Å². The molecule has 1 aromatic carbocycles. The number of hydrogen-bond donors (Lipinski definition) is 1. The van der Waals surface area contributed by atoms with E-state index in [2.05, 4.69) is 26.0 Å². The predicted molar refractivity (Wildman–Crippen MR) is 59.6 cm³/mol. The lowest BCUT2D eigenvalue weighted by Crippen LogP contribution is -2.08. The highest BCUT2D eigenvalue weighted by atomic mass is 16.5. The normalized spacial score (nSPS) is 12.6. The zero-order valence-corrected chi connectivity index (χ0v) is 9.21. The van der Waals surface area contributed by atoms with Crippen LogP contribution in [0.2, 0.25) is 0 Å². The zero-order chi connectivity index (χ0) is 10.6. The number of nitrogens with two attached hydrogens (primary N) is 1. The van der Waals surface area contributed by atoms with Gasteiger partial charge in [-0.25, -0.2) is 0 Å². The fraction of sp³-hybridized carbons (Fsp3) is 0.500. The van der Waals surface area contributed by atoms with Gasteiger partial charge in [0.2, 0.25) is 0 Å². The first-order valence-electron chi connectivity index (χ1n) is 5.14. The van der Waals surface area contributed by atoms with Crippen LogP contribution in [0.1, 0.15) is 37.4 Å². The van der Waals surface area contributed by atoms with Crippen LogP contribution in [0.5, 0.6) is 5.75 Å². The van der Waals surface area contributed by atoms with Crippen molar-refractivity contribution >= 4 is 0 Å². The van der Waals surface area contributed by atoms with Crippen molar-refractivity contribution < 1.29 is 4.74 Å². The summed E-state index contributed by atoms with van der Waals surface area (Å²) in [5, 5.41) is 0. The Morgan fingerprint density at radius 2 is 2.14 bits per heavy atom. The van der Waals surface area contributed by atoms with Crippen LogP contribution in [0.3, 0.4) is 0 Å². The molecule has 0 aliphatic carbocycles. The van der Waals surface area contributed by atoms with E-state index in [1.807, 2.05) is 13.0 Å². The number of ether oxygens (including phenoxy) is 1. The summed E-state index contributed by atoms with van der Waals surface area (Å²) in [6, 6.07) is 6.18. The van der Waals surface area contributed by atoms with Gasteiger partial charge in [-0.3, -0.25) is 0 Å². The van der Waals surface area contributed by atoms with E-state index in [-0.39, 0.29) is 6.04 Å². The van der Waals surface area contributed by atoms with E-state index in [0.29, 0.717) is 0 Å². The summed E-state index contributed by atoms with van der Waals surface area (Å²) in [5.74, 6) is 0.924. The van der Waals surface area contributed by atoms with Crippen LogP contribution in [0.4, 0.5) is 0 Å². The first-order chi connectivity index (χ1) is 6.65. The van der Waals surface area contributed by atoms with Crippen LogP contribution in [-0.4, -0.2) is 6.61 Å². The van der Waals surface area contributed by atoms with E-state index in [0.717, 1.165) is 24.3 Å². The first kappa shape index (κ1) is 11.1. The Bertz CT molecular complexity index is 294. The minimum Gasteiger partial charge on any atom is -0.493 e. The maximum atomic E-state index is 5.88. The summed E-state index contributed by atoms with van der Waals surface area (Å²) in [5.41, 5.74) is 8.19. The van der Waals surface area contributed by atoms with Gasteiger partial charge >= 0.3 is 0 Å². The molecule has 2 heteroatoms. The predicted octanol–water partition coefficient (Wildman–Crippen LogP) is 2.80. The molecule has 0 bridgehead atoms. The van der Waals surface area contributed by atoms with Crippen LogP contribution >= 0.6 is 0 Å². The second kappa shape index (κ2) is 5.01. The number of benzene rings is 1. The molecular formula is C12H19NO. The molecule has 1 atom stereocenters. The van der Waals surface area contributed by atoms with Gasteiger partial charge in [-0.2, -0.15) is 0 Å². The third-order valence-corrected chi connectivity index (χ3v) is 2.12. The lowest BCUT2D eigenvalue weighted by Gasteiger charge is -2.14. The van der Waals surface area contributed by atoms with Gasteiger partial charge in [0.25, 0.3) is 0 Å². The molecule has 2 N–H and O–H groups in total. The molecule has 0 spiro atoms. The topological polar surface area (TPSA) is 35.2 Å². The maximum absolute atomic E-state index is 5.88. The molecular weight excluding hydrogens is 174 g/mol. The highest BCUT2D eigenvalue weighted by Crippen LogP contribution is 2.24. The monoisotopic (exact) mass is 193 g/mol. The fourth-order valence-corrected chi connectivity index (χ4v) is 1.37. The Morgan fingerprint density at radius 3 is 2.71 bits per heavy atom. The van der Waals surface area contributed by atoms with E-state index in [4.69, 9.17) is 10.5 Å². The third-order valence-electron chi connectivity index (χ3n) is 2.12. The molecule has 0 heterocycles. The van der Waals surface area contributed by atoms with Crippen LogP contribution in [0.25, 0.3) is 0 Å². The van der Waals surface area contributed by atoms with Gasteiger partial charge in [0, 0.05) is 11.6 Å². The molecule has 0 saturated carbocycles. The molecule has 1 rings (SSSR count). The van der Waals surface area contributed by atoms with E-state index in [9.17, 15) is 0 Å². The Hall–Kier alpha value is -1.02. The van der Waals surface area contributed by atoms with Crippen molar-refractivity contribution in [2.45, 2.75) is 33.2 Å². The molecule has 0 amide bonds. The summed E-state index contributed by atoms with van der Waals surface area (Å²) in [6.07, 6.45) is 1.02. The van der Waals surface area contributed by atoms with Gasteiger partial charge in [0.15, 0.2) is 0 Å². The summed E-state index contributed by atoms with van der Waals surface area (Å²) < 4.78 is 5.62. The standard InChI is InChI=1S/C12H19NO/c1-4-7-14-12-6-5-9(2)8-11(12)10(3)13/h5-6,8,10H,4,7,13H2,1-3H3/t10-/m1/s1. The number of rotatable bonds is 4. The molecule has 0 aromatic heterocycles. The van der Waals surface area contributed by atoms with Crippen LogP contribution in [-0.2, 0) is 0 Å². The van der Waals surface area contributed by atoms with Crippen LogP contribution < -0.4 is 10.5 Å². The van der Waals surface area contributed by atoms with Gasteiger partial charge in [0.1, 0.15) is 5.75 Å². The van der Waals surface area contributed by atoms with Crippen molar-refractivity contribution in [3.8, 4) is 5.75 Å². The van der Waals surface area contributed by atoms with Crippen molar-refractivity contribution in [1.29, 1.82) is 0 Å². The molecule has 2 nitrogen and oxygen atoms in total. The maximum Gasteiger partial charge on any atom is 0.124 e. The first-order valence-corrected chi connectivity index (χ1v) is 5.14. The number of hydrogen-bond acceptors (Lipinski definition) is 2. The van der Waals surface area contributed by atoms with Gasteiger partial charge in [0.05, 0.1) is 6.61 Å². The summed E-state index contributed by atoms with van der Waals surface area (Å²) in [4.78, 5) is 0. The average molecular weight is 193 g/mol. The third kappa shape index (κ3) is 2.74. The Balaban J connectivity index is 2.90. The lowest BCUT2D eigenvalue weighted by atomic mass is 10.1. The molecule has 0 unspecified atom stereocenters. The zero-order valence-electron chi connectivity index (χ0n) is 9.21. The van der Waals surface area contributed by atoms with Crippen molar-refractivity contribution in [3.63, 3.8) is 0 Å². The Kier molecular flexibility index (Phi) is 3.96. The molecule has 78 valence electrons. The van der Waals surface area contributed by atoms with E-state index >= 15 is 0 Å². The highest BCUT2D eigenvalue weighted by Gasteiger charge is 2.07. The quantitative estimate of drug-likeness (QED) is 0.798.